The third-order valence-corrected chi connectivity index (χ3v) is 2.89. The quantitative estimate of drug-likeness (QED) is 0.758. The Bertz CT molecular complexity index is 445. The molecule has 0 N–H and O–H groups in total. The Hall–Kier alpha value is -1.35. The SMILES string of the molecule is CC(Cc1ncn2ccccc12)N(C)C. The number of nitrogens with zero attached hydrogens (tertiary/aromatic N) is 3. The van der Waals surface area contributed by atoms with Crippen LogP contribution in [-0.4, -0.2) is 34.4 Å². The maximum Gasteiger partial charge on any atom is 0.0995 e. The summed E-state index contributed by atoms with van der Waals surface area (Å²) in [5.74, 6) is 0. The van der Waals surface area contributed by atoms with Crippen molar-refractivity contribution in [3.05, 3.63) is 36.4 Å². The molecule has 0 aliphatic rings. The highest BCUT2D eigenvalue weighted by atomic mass is 15.1. The van der Waals surface area contributed by atoms with Gasteiger partial charge in [0.25, 0.3) is 0 Å². The van der Waals surface area contributed by atoms with E-state index in [9.17, 15) is 0 Å². The van der Waals surface area contributed by atoms with Crippen molar-refractivity contribution in [2.45, 2.75) is 19.4 Å². The standard InChI is InChI=1S/C12H17N3/c1-10(14(2)3)8-11-12-6-4-5-7-15(12)9-13-11/h4-7,9-10H,8H2,1-3H3. The molecule has 80 valence electrons. The van der Waals surface area contributed by atoms with Gasteiger partial charge in [0.15, 0.2) is 0 Å². The molecule has 0 bridgehead atoms. The van der Waals surface area contributed by atoms with E-state index in [-0.39, 0.29) is 0 Å². The van der Waals surface area contributed by atoms with Gasteiger partial charge in [-0.25, -0.2) is 4.98 Å². The van der Waals surface area contributed by atoms with E-state index in [1.807, 2.05) is 18.6 Å². The molecule has 0 aromatic carbocycles. The van der Waals surface area contributed by atoms with Gasteiger partial charge in [-0.3, -0.25) is 0 Å². The molecule has 0 spiro atoms. The van der Waals surface area contributed by atoms with Gasteiger partial charge in [0, 0.05) is 18.7 Å². The van der Waals surface area contributed by atoms with E-state index in [0.717, 1.165) is 6.42 Å². The minimum atomic E-state index is 0.518. The van der Waals surface area contributed by atoms with Crippen LogP contribution in [0.3, 0.4) is 0 Å². The number of pyridine rings is 1. The first-order chi connectivity index (χ1) is 7.18. The van der Waals surface area contributed by atoms with Crippen LogP contribution in [0.25, 0.3) is 5.52 Å². The average molecular weight is 203 g/mol. The van der Waals surface area contributed by atoms with Crippen LogP contribution < -0.4 is 0 Å². The van der Waals surface area contributed by atoms with Crippen LogP contribution in [0.15, 0.2) is 30.7 Å². The molecule has 15 heavy (non-hydrogen) atoms. The zero-order chi connectivity index (χ0) is 10.8. The van der Waals surface area contributed by atoms with Crippen LogP contribution in [0, 0.1) is 0 Å². The van der Waals surface area contributed by atoms with Gasteiger partial charge in [0.1, 0.15) is 0 Å². The second-order valence-corrected chi connectivity index (χ2v) is 4.20. The lowest BCUT2D eigenvalue weighted by molar-refractivity contribution is 0.311. The molecule has 1 atom stereocenters. The monoisotopic (exact) mass is 203 g/mol. The smallest absolute Gasteiger partial charge is 0.0995 e. The van der Waals surface area contributed by atoms with Gasteiger partial charge in [-0.1, -0.05) is 6.07 Å². The van der Waals surface area contributed by atoms with Crippen LogP contribution in [-0.2, 0) is 6.42 Å². The molecule has 0 aliphatic carbocycles. The maximum atomic E-state index is 4.45. The third kappa shape index (κ3) is 2.02. The van der Waals surface area contributed by atoms with E-state index < -0.39 is 0 Å². The van der Waals surface area contributed by atoms with Crippen molar-refractivity contribution < 1.29 is 0 Å². The van der Waals surface area contributed by atoms with Crippen molar-refractivity contribution in [1.29, 1.82) is 0 Å². The number of rotatable bonds is 3. The molecule has 0 fully saturated rings. The topological polar surface area (TPSA) is 20.5 Å². The van der Waals surface area contributed by atoms with Crippen LogP contribution in [0.2, 0.25) is 0 Å². The molecule has 2 aromatic rings. The Morgan fingerprint density at radius 3 is 2.93 bits per heavy atom. The Morgan fingerprint density at radius 2 is 2.20 bits per heavy atom. The molecule has 2 heterocycles. The second kappa shape index (κ2) is 4.03. The van der Waals surface area contributed by atoms with Crippen molar-refractivity contribution in [3.63, 3.8) is 0 Å². The summed E-state index contributed by atoms with van der Waals surface area (Å²) in [4.78, 5) is 6.67. The van der Waals surface area contributed by atoms with Gasteiger partial charge in [0.2, 0.25) is 0 Å². The molecule has 0 radical (unpaired) electrons. The molecule has 2 aromatic heterocycles. The van der Waals surface area contributed by atoms with Gasteiger partial charge in [-0.05, 0) is 33.2 Å². The van der Waals surface area contributed by atoms with Gasteiger partial charge in [-0.15, -0.1) is 0 Å². The molecule has 1 unspecified atom stereocenters. The van der Waals surface area contributed by atoms with Crippen LogP contribution >= 0.6 is 0 Å². The predicted molar refractivity (Wildman–Crippen MR) is 62.0 cm³/mol. The molecule has 3 heteroatoms. The summed E-state index contributed by atoms with van der Waals surface area (Å²) in [6.45, 7) is 2.22. The minimum Gasteiger partial charge on any atom is -0.306 e. The van der Waals surface area contributed by atoms with Crippen molar-refractivity contribution in [2.24, 2.45) is 0 Å². The first-order valence-corrected chi connectivity index (χ1v) is 5.25. The Labute approximate surface area is 90.4 Å². The van der Waals surface area contributed by atoms with Gasteiger partial charge >= 0.3 is 0 Å². The van der Waals surface area contributed by atoms with Gasteiger partial charge in [0.05, 0.1) is 17.5 Å². The Morgan fingerprint density at radius 1 is 1.40 bits per heavy atom. The van der Waals surface area contributed by atoms with Crippen molar-refractivity contribution >= 4 is 5.52 Å². The summed E-state index contributed by atoms with van der Waals surface area (Å²) in [7, 11) is 4.20. The summed E-state index contributed by atoms with van der Waals surface area (Å²) in [6.07, 6.45) is 4.91. The molecule has 3 nitrogen and oxygen atoms in total. The van der Waals surface area contributed by atoms with Crippen LogP contribution in [0.1, 0.15) is 12.6 Å². The van der Waals surface area contributed by atoms with E-state index in [1.165, 1.54) is 11.2 Å². The van der Waals surface area contributed by atoms with E-state index in [1.54, 1.807) is 0 Å². The summed E-state index contributed by atoms with van der Waals surface area (Å²) in [5, 5.41) is 0. The molecule has 0 saturated heterocycles. The lowest BCUT2D eigenvalue weighted by Crippen LogP contribution is -2.26. The highest BCUT2D eigenvalue weighted by Crippen LogP contribution is 2.12. The number of fused-ring (bicyclic) bond motifs is 1. The fourth-order valence-corrected chi connectivity index (χ4v) is 1.62. The highest BCUT2D eigenvalue weighted by molar-refractivity contribution is 5.51. The largest absolute Gasteiger partial charge is 0.306 e. The van der Waals surface area contributed by atoms with Crippen molar-refractivity contribution in [3.8, 4) is 0 Å². The third-order valence-electron chi connectivity index (χ3n) is 2.89. The lowest BCUT2D eigenvalue weighted by Gasteiger charge is -2.18. The second-order valence-electron chi connectivity index (χ2n) is 4.20. The lowest BCUT2D eigenvalue weighted by atomic mass is 10.1. The first kappa shape index (κ1) is 10.2. The van der Waals surface area contributed by atoms with Gasteiger partial charge in [-0.2, -0.15) is 0 Å². The van der Waals surface area contributed by atoms with Gasteiger partial charge < -0.3 is 9.30 Å². The van der Waals surface area contributed by atoms with E-state index in [4.69, 9.17) is 0 Å². The fourth-order valence-electron chi connectivity index (χ4n) is 1.62. The molecule has 0 saturated carbocycles. The average Bonchev–Trinajstić information content (AvgIpc) is 2.62. The number of hydrogen-bond donors (Lipinski definition) is 0. The zero-order valence-electron chi connectivity index (χ0n) is 9.51. The summed E-state index contributed by atoms with van der Waals surface area (Å²) >= 11 is 0. The number of likely N-dealkylation sites (N-methyl/N-ethyl adjacent to an activating group) is 1. The summed E-state index contributed by atoms with van der Waals surface area (Å²) < 4.78 is 2.07. The summed E-state index contributed by atoms with van der Waals surface area (Å²) in [5.41, 5.74) is 2.39. The number of imidazole rings is 1. The maximum absolute atomic E-state index is 4.45. The number of hydrogen-bond acceptors (Lipinski definition) is 2. The normalized spacial score (nSPS) is 13.6. The van der Waals surface area contributed by atoms with Crippen LogP contribution in [0.4, 0.5) is 0 Å². The molecule has 0 amide bonds. The minimum absolute atomic E-state index is 0.518. The van der Waals surface area contributed by atoms with E-state index in [0.29, 0.717) is 6.04 Å². The predicted octanol–water partition coefficient (Wildman–Crippen LogP) is 1.83. The summed E-state index contributed by atoms with van der Waals surface area (Å²) in [6, 6.07) is 6.71. The Balaban J connectivity index is 2.29. The van der Waals surface area contributed by atoms with Crippen molar-refractivity contribution in [2.75, 3.05) is 14.1 Å². The van der Waals surface area contributed by atoms with E-state index in [2.05, 4.69) is 47.4 Å². The van der Waals surface area contributed by atoms with Crippen molar-refractivity contribution in [1.82, 2.24) is 14.3 Å². The highest BCUT2D eigenvalue weighted by Gasteiger charge is 2.10. The first-order valence-electron chi connectivity index (χ1n) is 5.25. The molecule has 2 rings (SSSR count). The van der Waals surface area contributed by atoms with Crippen LogP contribution in [0.5, 0.6) is 0 Å². The molecular weight excluding hydrogens is 186 g/mol. The van der Waals surface area contributed by atoms with E-state index >= 15 is 0 Å². The fraction of sp³-hybridized carbons (Fsp3) is 0.417. The molecular formula is C12H17N3. The zero-order valence-corrected chi connectivity index (χ0v) is 9.51. The molecule has 0 aliphatic heterocycles. The number of aromatic nitrogens is 2. The Kier molecular flexibility index (Phi) is 2.73.